The number of morpholine rings is 1. The largest absolute Gasteiger partial charge is 0.480 e. The number of nitrogens with two attached hydrogens (primary N) is 1. The van der Waals surface area contributed by atoms with E-state index >= 15 is 0 Å². The number of aromatic nitrogens is 2. The van der Waals surface area contributed by atoms with Crippen LogP contribution in [-0.2, 0) is 4.74 Å². The van der Waals surface area contributed by atoms with Gasteiger partial charge in [-0.05, 0) is 13.8 Å². The summed E-state index contributed by atoms with van der Waals surface area (Å²) in [5, 5.41) is 0. The normalized spacial score (nSPS) is 22.9. The predicted octanol–water partition coefficient (Wildman–Crippen LogP) is 0.428. The highest BCUT2D eigenvalue weighted by Gasteiger charge is 2.33. The fourth-order valence-corrected chi connectivity index (χ4v) is 2.18. The third-order valence-corrected chi connectivity index (χ3v) is 2.88. The van der Waals surface area contributed by atoms with E-state index in [1.165, 1.54) is 0 Å². The number of methoxy groups -OCH3 is 1. The van der Waals surface area contributed by atoms with Crippen molar-refractivity contribution in [2.45, 2.75) is 25.6 Å². The predicted molar refractivity (Wildman–Crippen MR) is 68.8 cm³/mol. The quantitative estimate of drug-likeness (QED) is 0.841. The molecule has 1 saturated heterocycles. The van der Waals surface area contributed by atoms with Crippen LogP contribution in [0.25, 0.3) is 0 Å². The third-order valence-electron chi connectivity index (χ3n) is 2.88. The molecule has 0 amide bonds. The summed E-state index contributed by atoms with van der Waals surface area (Å²) in [6.07, 6.45) is 3.34. The first-order valence-corrected chi connectivity index (χ1v) is 6.03. The lowest BCUT2D eigenvalue weighted by molar-refractivity contribution is -0.0790. The molecular formula is C12H20N4O2. The molecule has 1 fully saturated rings. The topological polar surface area (TPSA) is 73.5 Å². The minimum absolute atomic E-state index is 0.0155. The molecule has 18 heavy (non-hydrogen) atoms. The van der Waals surface area contributed by atoms with Crippen molar-refractivity contribution in [2.24, 2.45) is 5.73 Å². The Morgan fingerprint density at radius 2 is 2.33 bits per heavy atom. The lowest BCUT2D eigenvalue weighted by Gasteiger charge is -2.42. The van der Waals surface area contributed by atoms with Gasteiger partial charge in [0.2, 0.25) is 5.88 Å². The van der Waals surface area contributed by atoms with Crippen molar-refractivity contribution in [3.8, 4) is 5.88 Å². The van der Waals surface area contributed by atoms with Crippen LogP contribution in [-0.4, -0.2) is 48.4 Å². The standard InChI is InChI=1S/C12H20N4O2/c1-12(2)8-16(7-9(4-13)18-12)10-5-14-6-11(15-10)17-3/h5-6,9H,4,7-8,13H2,1-3H3. The molecule has 0 bridgehead atoms. The van der Waals surface area contributed by atoms with Crippen molar-refractivity contribution in [1.82, 2.24) is 9.97 Å². The maximum absolute atomic E-state index is 5.89. The van der Waals surface area contributed by atoms with Gasteiger partial charge in [0.15, 0.2) is 5.82 Å². The summed E-state index contributed by atoms with van der Waals surface area (Å²) in [7, 11) is 1.58. The molecule has 1 aromatic rings. The summed E-state index contributed by atoms with van der Waals surface area (Å²) in [6, 6.07) is 0. The van der Waals surface area contributed by atoms with E-state index in [2.05, 4.69) is 28.7 Å². The summed E-state index contributed by atoms with van der Waals surface area (Å²) in [5.74, 6) is 1.31. The number of hydrogen-bond donors (Lipinski definition) is 1. The van der Waals surface area contributed by atoms with Crippen LogP contribution in [0.5, 0.6) is 5.88 Å². The monoisotopic (exact) mass is 252 g/mol. The number of anilines is 1. The molecule has 6 nitrogen and oxygen atoms in total. The van der Waals surface area contributed by atoms with Gasteiger partial charge in [-0.1, -0.05) is 0 Å². The van der Waals surface area contributed by atoms with Gasteiger partial charge >= 0.3 is 0 Å². The van der Waals surface area contributed by atoms with Crippen LogP contribution in [0.3, 0.4) is 0 Å². The maximum Gasteiger partial charge on any atom is 0.233 e. The number of hydrogen-bond acceptors (Lipinski definition) is 6. The lowest BCUT2D eigenvalue weighted by Crippen LogP contribution is -2.55. The van der Waals surface area contributed by atoms with Crippen LogP contribution >= 0.6 is 0 Å². The highest BCUT2D eigenvalue weighted by molar-refractivity contribution is 5.39. The van der Waals surface area contributed by atoms with Crippen molar-refractivity contribution in [3.05, 3.63) is 12.4 Å². The molecule has 0 saturated carbocycles. The zero-order chi connectivity index (χ0) is 13.2. The third kappa shape index (κ3) is 2.88. The smallest absolute Gasteiger partial charge is 0.233 e. The highest BCUT2D eigenvalue weighted by atomic mass is 16.5. The molecule has 1 aromatic heterocycles. The van der Waals surface area contributed by atoms with Crippen LogP contribution < -0.4 is 15.4 Å². The zero-order valence-electron chi connectivity index (χ0n) is 11.1. The second kappa shape index (κ2) is 5.07. The number of ether oxygens (including phenoxy) is 2. The fourth-order valence-electron chi connectivity index (χ4n) is 2.18. The van der Waals surface area contributed by atoms with Crippen LogP contribution in [0, 0.1) is 0 Å². The Morgan fingerprint density at radius 1 is 1.56 bits per heavy atom. The minimum atomic E-state index is -0.243. The van der Waals surface area contributed by atoms with Crippen LogP contribution in [0.1, 0.15) is 13.8 Å². The molecule has 100 valence electrons. The number of nitrogens with zero attached hydrogens (tertiary/aromatic N) is 3. The molecule has 2 rings (SSSR count). The molecule has 1 aliphatic heterocycles. The minimum Gasteiger partial charge on any atom is -0.480 e. The summed E-state index contributed by atoms with van der Waals surface area (Å²) in [5.41, 5.74) is 5.47. The molecule has 1 atom stereocenters. The van der Waals surface area contributed by atoms with Crippen molar-refractivity contribution in [2.75, 3.05) is 31.6 Å². The molecule has 1 unspecified atom stereocenters. The first kappa shape index (κ1) is 13.0. The van der Waals surface area contributed by atoms with Crippen molar-refractivity contribution in [3.63, 3.8) is 0 Å². The molecule has 6 heteroatoms. The van der Waals surface area contributed by atoms with Gasteiger partial charge in [0.05, 0.1) is 31.2 Å². The van der Waals surface area contributed by atoms with Crippen molar-refractivity contribution >= 4 is 5.82 Å². The van der Waals surface area contributed by atoms with Gasteiger partial charge in [-0.2, -0.15) is 4.98 Å². The Hall–Kier alpha value is -1.40. The summed E-state index contributed by atoms with van der Waals surface area (Å²) < 4.78 is 11.0. The molecule has 0 radical (unpaired) electrons. The Bertz CT molecular complexity index is 411. The van der Waals surface area contributed by atoms with Gasteiger partial charge in [-0.3, -0.25) is 4.98 Å². The molecule has 2 N–H and O–H groups in total. The van der Waals surface area contributed by atoms with Gasteiger partial charge in [-0.25, -0.2) is 0 Å². The second-order valence-corrected chi connectivity index (χ2v) is 5.04. The zero-order valence-corrected chi connectivity index (χ0v) is 11.1. The summed E-state index contributed by atoms with van der Waals surface area (Å²) in [6.45, 7) is 6.08. The van der Waals surface area contributed by atoms with E-state index in [4.69, 9.17) is 15.2 Å². The van der Waals surface area contributed by atoms with Gasteiger partial charge in [0.1, 0.15) is 0 Å². The first-order chi connectivity index (χ1) is 8.54. The highest BCUT2D eigenvalue weighted by Crippen LogP contribution is 2.25. The Labute approximate surface area is 107 Å². The van der Waals surface area contributed by atoms with E-state index in [9.17, 15) is 0 Å². The van der Waals surface area contributed by atoms with Crippen LogP contribution in [0.15, 0.2) is 12.4 Å². The first-order valence-electron chi connectivity index (χ1n) is 6.03. The fraction of sp³-hybridized carbons (Fsp3) is 0.667. The van der Waals surface area contributed by atoms with E-state index in [0.29, 0.717) is 12.4 Å². The molecule has 2 heterocycles. The molecule has 0 aliphatic carbocycles. The van der Waals surface area contributed by atoms with Gasteiger partial charge in [0.25, 0.3) is 0 Å². The van der Waals surface area contributed by atoms with Gasteiger partial charge < -0.3 is 20.1 Å². The summed E-state index contributed by atoms with van der Waals surface area (Å²) in [4.78, 5) is 10.7. The lowest BCUT2D eigenvalue weighted by atomic mass is 10.1. The van der Waals surface area contributed by atoms with E-state index < -0.39 is 0 Å². The van der Waals surface area contributed by atoms with Crippen LogP contribution in [0.2, 0.25) is 0 Å². The van der Waals surface area contributed by atoms with E-state index in [0.717, 1.165) is 18.9 Å². The van der Waals surface area contributed by atoms with E-state index in [1.54, 1.807) is 19.5 Å². The van der Waals surface area contributed by atoms with Gasteiger partial charge in [-0.15, -0.1) is 0 Å². The van der Waals surface area contributed by atoms with Crippen LogP contribution in [0.4, 0.5) is 5.82 Å². The molecule has 1 aliphatic rings. The Morgan fingerprint density at radius 3 is 3.00 bits per heavy atom. The van der Waals surface area contributed by atoms with E-state index in [1.807, 2.05) is 0 Å². The summed E-state index contributed by atoms with van der Waals surface area (Å²) >= 11 is 0. The van der Waals surface area contributed by atoms with Gasteiger partial charge in [0, 0.05) is 19.6 Å². The van der Waals surface area contributed by atoms with Crippen molar-refractivity contribution < 1.29 is 9.47 Å². The Balaban J connectivity index is 2.20. The van der Waals surface area contributed by atoms with Crippen molar-refractivity contribution in [1.29, 1.82) is 0 Å². The molecule has 0 spiro atoms. The molecular weight excluding hydrogens is 232 g/mol. The SMILES string of the molecule is COc1cncc(N2CC(CN)OC(C)(C)C2)n1. The number of rotatable bonds is 3. The maximum atomic E-state index is 5.89. The Kier molecular flexibility index (Phi) is 3.68. The average molecular weight is 252 g/mol. The molecule has 0 aromatic carbocycles. The van der Waals surface area contributed by atoms with E-state index in [-0.39, 0.29) is 11.7 Å². The average Bonchev–Trinajstić information content (AvgIpc) is 2.37. The second-order valence-electron chi connectivity index (χ2n) is 5.04.